The Balaban J connectivity index is 1.86. The van der Waals surface area contributed by atoms with Crippen LogP contribution < -0.4 is 0 Å². The molecular formula is C17H21N3O2. The number of imidazole rings is 1. The fourth-order valence-corrected chi connectivity index (χ4v) is 2.97. The molecule has 2 aromatic rings. The third-order valence-corrected chi connectivity index (χ3v) is 4.06. The first-order valence-corrected chi connectivity index (χ1v) is 7.78. The highest BCUT2D eigenvalue weighted by Crippen LogP contribution is 2.25. The molecule has 5 nitrogen and oxygen atoms in total. The van der Waals surface area contributed by atoms with Gasteiger partial charge in [-0.25, -0.2) is 4.98 Å². The van der Waals surface area contributed by atoms with Crippen molar-refractivity contribution in [3.05, 3.63) is 42.2 Å². The SMILES string of the molecule is CCOCC1CCCN1C(=O)c1ccccc1-c1ncc[nH]1. The van der Waals surface area contributed by atoms with Crippen LogP contribution in [0.1, 0.15) is 30.1 Å². The van der Waals surface area contributed by atoms with E-state index in [9.17, 15) is 4.79 Å². The van der Waals surface area contributed by atoms with Gasteiger partial charge in [0.2, 0.25) is 0 Å². The largest absolute Gasteiger partial charge is 0.380 e. The summed E-state index contributed by atoms with van der Waals surface area (Å²) in [5, 5.41) is 0. The predicted octanol–water partition coefficient (Wildman–Crippen LogP) is 2.72. The second-order valence-corrected chi connectivity index (χ2v) is 5.44. The minimum Gasteiger partial charge on any atom is -0.380 e. The van der Waals surface area contributed by atoms with Crippen molar-refractivity contribution in [2.75, 3.05) is 19.8 Å². The third kappa shape index (κ3) is 2.90. The van der Waals surface area contributed by atoms with Crippen LogP contribution in [0.15, 0.2) is 36.7 Å². The van der Waals surface area contributed by atoms with Gasteiger partial charge in [-0.15, -0.1) is 0 Å². The van der Waals surface area contributed by atoms with Crippen LogP contribution in [-0.4, -0.2) is 46.6 Å². The van der Waals surface area contributed by atoms with E-state index in [2.05, 4.69) is 9.97 Å². The number of hydrogen-bond acceptors (Lipinski definition) is 3. The van der Waals surface area contributed by atoms with E-state index in [4.69, 9.17) is 4.74 Å². The molecule has 1 fully saturated rings. The number of ether oxygens (including phenoxy) is 1. The number of nitrogens with one attached hydrogen (secondary N) is 1. The summed E-state index contributed by atoms with van der Waals surface area (Å²) < 4.78 is 5.52. The lowest BCUT2D eigenvalue weighted by Gasteiger charge is -2.25. The molecule has 22 heavy (non-hydrogen) atoms. The van der Waals surface area contributed by atoms with Crippen molar-refractivity contribution < 1.29 is 9.53 Å². The van der Waals surface area contributed by atoms with Gasteiger partial charge in [-0.2, -0.15) is 0 Å². The summed E-state index contributed by atoms with van der Waals surface area (Å²) in [7, 11) is 0. The number of aromatic nitrogens is 2. The maximum absolute atomic E-state index is 13.0. The fourth-order valence-electron chi connectivity index (χ4n) is 2.97. The van der Waals surface area contributed by atoms with E-state index in [1.54, 1.807) is 12.4 Å². The lowest BCUT2D eigenvalue weighted by atomic mass is 10.1. The minimum atomic E-state index is 0.0641. The number of amides is 1. The number of carbonyl (C=O) groups is 1. The molecule has 1 saturated heterocycles. The van der Waals surface area contributed by atoms with E-state index in [1.165, 1.54) is 0 Å². The van der Waals surface area contributed by atoms with Crippen molar-refractivity contribution in [2.24, 2.45) is 0 Å². The Kier molecular flexibility index (Phi) is 4.53. The average Bonchev–Trinajstić information content (AvgIpc) is 3.23. The molecule has 3 rings (SSSR count). The molecule has 1 aromatic heterocycles. The predicted molar refractivity (Wildman–Crippen MR) is 84.6 cm³/mol. The van der Waals surface area contributed by atoms with Gasteiger partial charge < -0.3 is 14.6 Å². The van der Waals surface area contributed by atoms with Crippen LogP contribution >= 0.6 is 0 Å². The maximum Gasteiger partial charge on any atom is 0.254 e. The van der Waals surface area contributed by atoms with Gasteiger partial charge in [0, 0.05) is 31.1 Å². The molecule has 0 bridgehead atoms. The summed E-state index contributed by atoms with van der Waals surface area (Å²) in [6.07, 6.45) is 5.51. The van der Waals surface area contributed by atoms with E-state index in [0.29, 0.717) is 18.8 Å². The molecule has 0 aliphatic carbocycles. The van der Waals surface area contributed by atoms with Gasteiger partial charge in [0.25, 0.3) is 5.91 Å². The second-order valence-electron chi connectivity index (χ2n) is 5.44. The van der Waals surface area contributed by atoms with Crippen molar-refractivity contribution in [1.82, 2.24) is 14.9 Å². The number of hydrogen-bond donors (Lipinski definition) is 1. The maximum atomic E-state index is 13.0. The number of likely N-dealkylation sites (tertiary alicyclic amines) is 1. The average molecular weight is 299 g/mol. The van der Waals surface area contributed by atoms with Gasteiger partial charge in [-0.05, 0) is 25.8 Å². The van der Waals surface area contributed by atoms with Crippen LogP contribution in [0.25, 0.3) is 11.4 Å². The third-order valence-electron chi connectivity index (χ3n) is 4.06. The molecule has 2 heterocycles. The van der Waals surface area contributed by atoms with Crippen LogP contribution in [0.3, 0.4) is 0 Å². The zero-order valence-corrected chi connectivity index (χ0v) is 12.8. The standard InChI is InChI=1S/C17H21N3O2/c1-2-22-12-13-6-5-11-20(13)17(21)15-8-4-3-7-14(15)16-18-9-10-19-16/h3-4,7-10,13H,2,5-6,11-12H2,1H3,(H,18,19). The van der Waals surface area contributed by atoms with Gasteiger partial charge in [0.15, 0.2) is 0 Å². The minimum absolute atomic E-state index is 0.0641. The molecule has 5 heteroatoms. The normalized spacial score (nSPS) is 17.9. The first kappa shape index (κ1) is 14.8. The topological polar surface area (TPSA) is 58.2 Å². The Morgan fingerprint density at radius 2 is 2.32 bits per heavy atom. The van der Waals surface area contributed by atoms with Gasteiger partial charge in [-0.1, -0.05) is 18.2 Å². The molecule has 0 spiro atoms. The Labute approximate surface area is 130 Å². The highest BCUT2D eigenvalue weighted by atomic mass is 16.5. The number of rotatable bonds is 5. The first-order chi connectivity index (χ1) is 10.8. The zero-order chi connectivity index (χ0) is 15.4. The van der Waals surface area contributed by atoms with Crippen molar-refractivity contribution in [3.63, 3.8) is 0 Å². The van der Waals surface area contributed by atoms with E-state index in [0.717, 1.165) is 30.8 Å². The summed E-state index contributed by atoms with van der Waals surface area (Å²) >= 11 is 0. The molecular weight excluding hydrogens is 278 g/mol. The molecule has 0 saturated carbocycles. The number of nitrogens with zero attached hydrogens (tertiary/aromatic N) is 2. The molecule has 1 N–H and O–H groups in total. The Morgan fingerprint density at radius 3 is 3.09 bits per heavy atom. The van der Waals surface area contributed by atoms with Gasteiger partial charge in [-0.3, -0.25) is 4.79 Å². The molecule has 1 atom stereocenters. The molecule has 1 aromatic carbocycles. The number of benzene rings is 1. The highest BCUT2D eigenvalue weighted by molar-refractivity contribution is 6.00. The van der Waals surface area contributed by atoms with Crippen LogP contribution in [0, 0.1) is 0 Å². The molecule has 116 valence electrons. The summed E-state index contributed by atoms with van der Waals surface area (Å²) in [4.78, 5) is 22.3. The van der Waals surface area contributed by atoms with E-state index < -0.39 is 0 Å². The summed E-state index contributed by atoms with van der Waals surface area (Å²) in [6.45, 7) is 4.07. The first-order valence-electron chi connectivity index (χ1n) is 7.78. The van der Waals surface area contributed by atoms with Crippen molar-refractivity contribution in [2.45, 2.75) is 25.8 Å². The number of H-pyrrole nitrogens is 1. The molecule has 1 amide bonds. The molecule has 0 radical (unpaired) electrons. The lowest BCUT2D eigenvalue weighted by molar-refractivity contribution is 0.0565. The molecule has 1 aliphatic heterocycles. The monoisotopic (exact) mass is 299 g/mol. The van der Waals surface area contributed by atoms with Crippen molar-refractivity contribution in [3.8, 4) is 11.4 Å². The van der Waals surface area contributed by atoms with Crippen LogP contribution in [0.2, 0.25) is 0 Å². The second kappa shape index (κ2) is 6.75. The van der Waals surface area contributed by atoms with E-state index in [1.807, 2.05) is 36.1 Å². The Morgan fingerprint density at radius 1 is 1.45 bits per heavy atom. The molecule has 1 unspecified atom stereocenters. The summed E-state index contributed by atoms with van der Waals surface area (Å²) in [6, 6.07) is 7.80. The lowest BCUT2D eigenvalue weighted by Crippen LogP contribution is -2.38. The molecule has 1 aliphatic rings. The summed E-state index contributed by atoms with van der Waals surface area (Å²) in [5.74, 6) is 0.790. The summed E-state index contributed by atoms with van der Waals surface area (Å²) in [5.41, 5.74) is 1.54. The highest BCUT2D eigenvalue weighted by Gasteiger charge is 2.30. The van der Waals surface area contributed by atoms with E-state index >= 15 is 0 Å². The van der Waals surface area contributed by atoms with E-state index in [-0.39, 0.29) is 11.9 Å². The van der Waals surface area contributed by atoms with Gasteiger partial charge >= 0.3 is 0 Å². The zero-order valence-electron chi connectivity index (χ0n) is 12.8. The van der Waals surface area contributed by atoms with Crippen molar-refractivity contribution >= 4 is 5.91 Å². The van der Waals surface area contributed by atoms with Crippen LogP contribution in [0.4, 0.5) is 0 Å². The Bertz CT molecular complexity index is 625. The number of carbonyl (C=O) groups excluding carboxylic acids is 1. The fraction of sp³-hybridized carbons (Fsp3) is 0.412. The Hall–Kier alpha value is -2.14. The van der Waals surface area contributed by atoms with Crippen LogP contribution in [-0.2, 0) is 4.74 Å². The van der Waals surface area contributed by atoms with Crippen LogP contribution in [0.5, 0.6) is 0 Å². The van der Waals surface area contributed by atoms with Gasteiger partial charge in [0.1, 0.15) is 5.82 Å². The van der Waals surface area contributed by atoms with Gasteiger partial charge in [0.05, 0.1) is 18.2 Å². The number of aromatic amines is 1. The quantitative estimate of drug-likeness (QED) is 0.923. The smallest absolute Gasteiger partial charge is 0.254 e. The van der Waals surface area contributed by atoms with Crippen molar-refractivity contribution in [1.29, 1.82) is 0 Å².